The molecule has 4 heteroatoms. The highest BCUT2D eigenvalue weighted by Gasteiger charge is 2.20. The van der Waals surface area contributed by atoms with Gasteiger partial charge in [0.2, 0.25) is 0 Å². The monoisotopic (exact) mass is 237 g/mol. The summed E-state index contributed by atoms with van der Waals surface area (Å²) in [6.45, 7) is 0.739. The van der Waals surface area contributed by atoms with Crippen LogP contribution in [0.4, 0.5) is 10.1 Å². The second-order valence-electron chi connectivity index (χ2n) is 4.51. The molecule has 17 heavy (non-hydrogen) atoms. The van der Waals surface area contributed by atoms with Crippen LogP contribution in [0.3, 0.4) is 0 Å². The molecule has 0 radical (unpaired) electrons. The van der Waals surface area contributed by atoms with Crippen LogP contribution in [-0.4, -0.2) is 17.6 Å². The molecule has 0 aromatic heterocycles. The molecule has 1 aliphatic carbocycles. The SMILES string of the molecule is O=C(O)c1cc(F)ccc1NCCCC1CC1. The Labute approximate surface area is 99.7 Å². The summed E-state index contributed by atoms with van der Waals surface area (Å²) in [4.78, 5) is 10.9. The molecule has 0 atom stereocenters. The van der Waals surface area contributed by atoms with Crippen LogP contribution >= 0.6 is 0 Å². The third-order valence-electron chi connectivity index (χ3n) is 3.01. The van der Waals surface area contributed by atoms with Gasteiger partial charge in [-0.2, -0.15) is 0 Å². The molecule has 0 spiro atoms. The van der Waals surface area contributed by atoms with Gasteiger partial charge in [-0.15, -0.1) is 0 Å². The number of halogens is 1. The van der Waals surface area contributed by atoms with Crippen molar-refractivity contribution in [3.8, 4) is 0 Å². The third-order valence-corrected chi connectivity index (χ3v) is 3.01. The van der Waals surface area contributed by atoms with Crippen LogP contribution in [0.1, 0.15) is 36.0 Å². The van der Waals surface area contributed by atoms with E-state index < -0.39 is 11.8 Å². The smallest absolute Gasteiger partial charge is 0.337 e. The van der Waals surface area contributed by atoms with Crippen LogP contribution in [0, 0.1) is 11.7 Å². The number of rotatable bonds is 6. The first kappa shape index (κ1) is 11.9. The maximum Gasteiger partial charge on any atom is 0.337 e. The van der Waals surface area contributed by atoms with Crippen molar-refractivity contribution in [2.75, 3.05) is 11.9 Å². The van der Waals surface area contributed by atoms with Crippen molar-refractivity contribution < 1.29 is 14.3 Å². The molecule has 1 aromatic rings. The first-order valence-electron chi connectivity index (χ1n) is 5.93. The lowest BCUT2D eigenvalue weighted by Crippen LogP contribution is -2.08. The van der Waals surface area contributed by atoms with Gasteiger partial charge in [0, 0.05) is 12.2 Å². The maximum absolute atomic E-state index is 12.9. The molecule has 0 bridgehead atoms. The van der Waals surface area contributed by atoms with E-state index >= 15 is 0 Å². The normalized spacial score (nSPS) is 14.6. The minimum Gasteiger partial charge on any atom is -0.478 e. The molecule has 0 heterocycles. The minimum absolute atomic E-state index is 0.00331. The summed E-state index contributed by atoms with van der Waals surface area (Å²) in [7, 11) is 0. The predicted octanol–water partition coefficient (Wildman–Crippen LogP) is 3.13. The predicted molar refractivity (Wildman–Crippen MR) is 63.8 cm³/mol. The Kier molecular flexibility index (Phi) is 3.61. The van der Waals surface area contributed by atoms with Crippen molar-refractivity contribution in [1.29, 1.82) is 0 Å². The van der Waals surface area contributed by atoms with E-state index in [4.69, 9.17) is 5.11 Å². The van der Waals surface area contributed by atoms with Crippen LogP contribution in [0.2, 0.25) is 0 Å². The minimum atomic E-state index is -1.10. The Bertz CT molecular complexity index is 416. The van der Waals surface area contributed by atoms with Gasteiger partial charge in [-0.1, -0.05) is 12.8 Å². The molecule has 2 N–H and O–H groups in total. The van der Waals surface area contributed by atoms with Crippen LogP contribution in [0.5, 0.6) is 0 Å². The molecule has 0 amide bonds. The van der Waals surface area contributed by atoms with Crippen molar-refractivity contribution in [3.63, 3.8) is 0 Å². The molecule has 1 fully saturated rings. The number of carboxylic acid groups (broad SMARTS) is 1. The summed E-state index contributed by atoms with van der Waals surface area (Å²) >= 11 is 0. The summed E-state index contributed by atoms with van der Waals surface area (Å²) in [5.41, 5.74) is 0.492. The molecule has 0 aliphatic heterocycles. The van der Waals surface area contributed by atoms with Crippen LogP contribution in [-0.2, 0) is 0 Å². The molecule has 0 unspecified atom stereocenters. The zero-order valence-corrected chi connectivity index (χ0v) is 9.58. The summed E-state index contributed by atoms with van der Waals surface area (Å²) in [5, 5.41) is 12.0. The first-order chi connectivity index (χ1) is 8.16. The van der Waals surface area contributed by atoms with E-state index in [1.54, 1.807) is 0 Å². The second kappa shape index (κ2) is 5.17. The van der Waals surface area contributed by atoms with E-state index in [-0.39, 0.29) is 5.56 Å². The van der Waals surface area contributed by atoms with Crippen molar-refractivity contribution in [2.24, 2.45) is 5.92 Å². The molecule has 3 nitrogen and oxygen atoms in total. The fourth-order valence-corrected chi connectivity index (χ4v) is 1.87. The lowest BCUT2D eigenvalue weighted by Gasteiger charge is -2.09. The van der Waals surface area contributed by atoms with Crippen molar-refractivity contribution in [2.45, 2.75) is 25.7 Å². The molecular weight excluding hydrogens is 221 g/mol. The fraction of sp³-hybridized carbons (Fsp3) is 0.462. The number of benzene rings is 1. The number of aromatic carboxylic acids is 1. The maximum atomic E-state index is 12.9. The van der Waals surface area contributed by atoms with E-state index in [1.165, 1.54) is 31.4 Å². The summed E-state index contributed by atoms with van der Waals surface area (Å²) in [5.74, 6) is -0.746. The van der Waals surface area contributed by atoms with Gasteiger partial charge in [0.1, 0.15) is 5.82 Å². The zero-order chi connectivity index (χ0) is 12.3. The number of nitrogens with one attached hydrogen (secondary N) is 1. The molecule has 2 rings (SSSR count). The van der Waals surface area contributed by atoms with Gasteiger partial charge in [0.05, 0.1) is 5.56 Å². The lowest BCUT2D eigenvalue weighted by atomic mass is 10.1. The highest BCUT2D eigenvalue weighted by atomic mass is 19.1. The molecule has 1 aromatic carbocycles. The van der Waals surface area contributed by atoms with Gasteiger partial charge in [0.25, 0.3) is 0 Å². The number of hydrogen-bond acceptors (Lipinski definition) is 2. The fourth-order valence-electron chi connectivity index (χ4n) is 1.87. The van der Waals surface area contributed by atoms with E-state index in [2.05, 4.69) is 5.32 Å². The average Bonchev–Trinajstić information content (AvgIpc) is 3.09. The molecule has 1 saturated carbocycles. The largest absolute Gasteiger partial charge is 0.478 e. The van der Waals surface area contributed by atoms with E-state index in [9.17, 15) is 9.18 Å². The van der Waals surface area contributed by atoms with Crippen LogP contribution in [0.25, 0.3) is 0 Å². The van der Waals surface area contributed by atoms with Crippen molar-refractivity contribution >= 4 is 11.7 Å². The van der Waals surface area contributed by atoms with E-state index in [0.717, 1.165) is 24.9 Å². The standard InChI is InChI=1S/C13H16FNO2/c14-10-5-6-12(11(8-10)13(16)17)15-7-1-2-9-3-4-9/h5-6,8-9,15H,1-4,7H2,(H,16,17). The average molecular weight is 237 g/mol. The number of anilines is 1. The van der Waals surface area contributed by atoms with Crippen LogP contribution in [0.15, 0.2) is 18.2 Å². The molecular formula is C13H16FNO2. The van der Waals surface area contributed by atoms with Gasteiger partial charge in [-0.05, 0) is 37.0 Å². The summed E-state index contributed by atoms with van der Waals surface area (Å²) in [6.07, 6.45) is 4.88. The van der Waals surface area contributed by atoms with Gasteiger partial charge in [-0.25, -0.2) is 9.18 Å². The quantitative estimate of drug-likeness (QED) is 0.747. The number of hydrogen-bond donors (Lipinski definition) is 2. The topological polar surface area (TPSA) is 49.3 Å². The second-order valence-corrected chi connectivity index (χ2v) is 4.51. The summed E-state index contributed by atoms with van der Waals surface area (Å²) in [6, 6.07) is 3.80. The van der Waals surface area contributed by atoms with Gasteiger partial charge < -0.3 is 10.4 Å². The highest BCUT2D eigenvalue weighted by molar-refractivity contribution is 5.94. The van der Waals surface area contributed by atoms with Crippen molar-refractivity contribution in [3.05, 3.63) is 29.6 Å². The zero-order valence-electron chi connectivity index (χ0n) is 9.58. The van der Waals surface area contributed by atoms with Gasteiger partial charge >= 0.3 is 5.97 Å². The Morgan fingerprint density at radius 1 is 1.47 bits per heavy atom. The third kappa shape index (κ3) is 3.44. The number of carboxylic acids is 1. The Hall–Kier alpha value is -1.58. The highest BCUT2D eigenvalue weighted by Crippen LogP contribution is 2.33. The Balaban J connectivity index is 1.91. The van der Waals surface area contributed by atoms with Gasteiger partial charge in [0.15, 0.2) is 0 Å². The molecule has 92 valence electrons. The molecule has 0 saturated heterocycles. The lowest BCUT2D eigenvalue weighted by molar-refractivity contribution is 0.0697. The van der Waals surface area contributed by atoms with E-state index in [0.29, 0.717) is 5.69 Å². The Morgan fingerprint density at radius 2 is 2.24 bits per heavy atom. The van der Waals surface area contributed by atoms with Crippen LogP contribution < -0.4 is 5.32 Å². The van der Waals surface area contributed by atoms with Crippen molar-refractivity contribution in [1.82, 2.24) is 0 Å². The molecule has 1 aliphatic rings. The van der Waals surface area contributed by atoms with E-state index in [1.807, 2.05) is 0 Å². The number of carbonyl (C=O) groups is 1. The first-order valence-corrected chi connectivity index (χ1v) is 5.93. The summed E-state index contributed by atoms with van der Waals surface area (Å²) < 4.78 is 12.9. The Morgan fingerprint density at radius 3 is 2.88 bits per heavy atom. The van der Waals surface area contributed by atoms with Gasteiger partial charge in [-0.3, -0.25) is 0 Å².